The predicted molar refractivity (Wildman–Crippen MR) is 129 cm³/mol. The fourth-order valence-corrected chi connectivity index (χ4v) is 4.66. The molecule has 0 bridgehead atoms. The Morgan fingerprint density at radius 2 is 1.91 bits per heavy atom. The molecular weight excluding hydrogens is 471 g/mol. The Balaban J connectivity index is 1.29. The van der Waals surface area contributed by atoms with E-state index < -0.39 is 5.60 Å². The number of fused-ring (bicyclic) bond motifs is 1. The monoisotopic (exact) mass is 492 g/mol. The molecule has 1 fully saturated rings. The topological polar surface area (TPSA) is 100.0 Å². The Morgan fingerprint density at radius 1 is 1.17 bits per heavy atom. The highest BCUT2D eigenvalue weighted by molar-refractivity contribution is 6.31. The molecule has 0 atom stereocenters. The zero-order valence-corrected chi connectivity index (χ0v) is 19.5. The summed E-state index contributed by atoms with van der Waals surface area (Å²) in [6.45, 7) is 2.03. The van der Waals surface area contributed by atoms with Gasteiger partial charge < -0.3 is 5.11 Å². The lowest BCUT2D eigenvalue weighted by molar-refractivity contribution is -0.0364. The van der Waals surface area contributed by atoms with E-state index in [0.717, 1.165) is 5.56 Å². The van der Waals surface area contributed by atoms with Gasteiger partial charge in [0, 0.05) is 24.7 Å². The van der Waals surface area contributed by atoms with Crippen molar-refractivity contribution in [2.24, 2.45) is 0 Å². The maximum atomic E-state index is 13.3. The normalized spacial score (nSPS) is 15.8. The van der Waals surface area contributed by atoms with Crippen molar-refractivity contribution in [2.45, 2.75) is 31.5 Å². The van der Waals surface area contributed by atoms with E-state index in [2.05, 4.69) is 21.1 Å². The van der Waals surface area contributed by atoms with E-state index in [1.54, 1.807) is 24.3 Å². The maximum Gasteiger partial charge on any atom is 0.264 e. The van der Waals surface area contributed by atoms with E-state index in [1.807, 2.05) is 6.07 Å². The second-order valence-corrected chi connectivity index (χ2v) is 9.27. The Kier molecular flexibility index (Phi) is 6.11. The molecule has 5 rings (SSSR count). The van der Waals surface area contributed by atoms with Crippen LogP contribution < -0.4 is 5.56 Å². The molecule has 0 spiro atoms. The number of hydrogen-bond acceptors (Lipinski definition) is 6. The highest BCUT2D eigenvalue weighted by Gasteiger charge is 2.33. The SMILES string of the molecule is N#Cc1ccc(CN2CCC(O)(Cn3cnc4c(cnn4-c4ccc(F)cc4)c3=O)CC2)c(Cl)c1. The van der Waals surface area contributed by atoms with E-state index in [9.17, 15) is 14.3 Å². The van der Waals surface area contributed by atoms with Crippen LogP contribution >= 0.6 is 11.6 Å². The van der Waals surface area contributed by atoms with Crippen molar-refractivity contribution < 1.29 is 9.50 Å². The zero-order chi connectivity index (χ0) is 24.6. The average Bonchev–Trinajstić information content (AvgIpc) is 3.29. The summed E-state index contributed by atoms with van der Waals surface area (Å²) in [7, 11) is 0. The molecule has 2 aromatic carbocycles. The molecule has 0 saturated carbocycles. The molecule has 1 aliphatic rings. The number of rotatable bonds is 5. The quantitative estimate of drug-likeness (QED) is 0.459. The van der Waals surface area contributed by atoms with Crippen LogP contribution in [0.15, 0.2) is 59.8 Å². The number of halogens is 2. The lowest BCUT2D eigenvalue weighted by Gasteiger charge is -2.38. The van der Waals surface area contributed by atoms with Crippen molar-refractivity contribution in [3.8, 4) is 11.8 Å². The highest BCUT2D eigenvalue weighted by Crippen LogP contribution is 2.27. The standard InChI is InChI=1S/C25H22ClFN6O2/c26-22-11-17(12-28)1-2-18(22)14-31-9-7-25(35,8-10-31)15-32-16-29-23-21(24(32)34)13-30-33(23)20-5-3-19(27)4-6-20/h1-6,11,13,16,35H,7-10,14-15H2. The molecule has 4 aromatic rings. The molecule has 35 heavy (non-hydrogen) atoms. The summed E-state index contributed by atoms with van der Waals surface area (Å²) in [6, 6.07) is 13.1. The van der Waals surface area contributed by atoms with E-state index in [-0.39, 0.29) is 17.9 Å². The summed E-state index contributed by atoms with van der Waals surface area (Å²) in [5.41, 5.74) is 1.09. The van der Waals surface area contributed by atoms with Gasteiger partial charge in [-0.15, -0.1) is 0 Å². The Bertz CT molecular complexity index is 1480. The number of aliphatic hydroxyl groups is 1. The van der Waals surface area contributed by atoms with Gasteiger partial charge in [-0.05, 0) is 54.8 Å². The molecule has 1 N–H and O–H groups in total. The molecule has 8 nitrogen and oxygen atoms in total. The first-order valence-electron chi connectivity index (χ1n) is 11.2. The number of hydrogen-bond donors (Lipinski definition) is 1. The number of benzene rings is 2. The molecule has 1 aliphatic heterocycles. The number of piperidine rings is 1. The summed E-state index contributed by atoms with van der Waals surface area (Å²) in [5, 5.41) is 25.3. The van der Waals surface area contributed by atoms with Crippen molar-refractivity contribution >= 4 is 22.6 Å². The molecule has 0 radical (unpaired) electrons. The third-order valence-electron chi connectivity index (χ3n) is 6.45. The number of nitriles is 1. The van der Waals surface area contributed by atoms with Gasteiger partial charge in [0.25, 0.3) is 5.56 Å². The molecule has 2 aromatic heterocycles. The Morgan fingerprint density at radius 3 is 2.60 bits per heavy atom. The Labute approximate surface area is 205 Å². The number of likely N-dealkylation sites (tertiary alicyclic amines) is 1. The van der Waals surface area contributed by atoms with Gasteiger partial charge in [0.1, 0.15) is 17.5 Å². The smallest absolute Gasteiger partial charge is 0.264 e. The lowest BCUT2D eigenvalue weighted by Crippen LogP contribution is -2.47. The van der Waals surface area contributed by atoms with Crippen LogP contribution in [0.2, 0.25) is 5.02 Å². The molecule has 1 saturated heterocycles. The largest absolute Gasteiger partial charge is 0.388 e. The van der Waals surface area contributed by atoms with Gasteiger partial charge in [0.2, 0.25) is 0 Å². The van der Waals surface area contributed by atoms with Gasteiger partial charge in [0.05, 0.1) is 35.7 Å². The molecule has 0 unspecified atom stereocenters. The summed E-state index contributed by atoms with van der Waals surface area (Å²) in [6.07, 6.45) is 3.84. The van der Waals surface area contributed by atoms with Gasteiger partial charge in [-0.2, -0.15) is 10.4 Å². The fourth-order valence-electron chi connectivity index (χ4n) is 4.42. The summed E-state index contributed by atoms with van der Waals surface area (Å²) < 4.78 is 16.2. The molecule has 3 heterocycles. The number of nitrogens with zero attached hydrogens (tertiary/aromatic N) is 6. The molecular formula is C25H22ClFN6O2. The van der Waals surface area contributed by atoms with Gasteiger partial charge in [0.15, 0.2) is 5.65 Å². The summed E-state index contributed by atoms with van der Waals surface area (Å²) in [5.74, 6) is -0.361. The molecule has 178 valence electrons. The summed E-state index contributed by atoms with van der Waals surface area (Å²) >= 11 is 6.31. The predicted octanol–water partition coefficient (Wildman–Crippen LogP) is 3.27. The van der Waals surface area contributed by atoms with E-state index in [0.29, 0.717) is 59.8 Å². The second-order valence-electron chi connectivity index (χ2n) is 8.87. The average molecular weight is 493 g/mol. The van der Waals surface area contributed by atoms with Crippen LogP contribution in [0.3, 0.4) is 0 Å². The molecule has 0 amide bonds. The van der Waals surface area contributed by atoms with Crippen LogP contribution in [0.25, 0.3) is 16.7 Å². The van der Waals surface area contributed by atoms with Crippen molar-refractivity contribution in [3.05, 3.63) is 87.3 Å². The molecule has 10 heteroatoms. The van der Waals surface area contributed by atoms with Crippen LogP contribution in [0.5, 0.6) is 0 Å². The fraction of sp³-hybridized carbons (Fsp3) is 0.280. The van der Waals surface area contributed by atoms with Crippen molar-refractivity contribution in [3.63, 3.8) is 0 Å². The highest BCUT2D eigenvalue weighted by atomic mass is 35.5. The third kappa shape index (κ3) is 4.68. The van der Waals surface area contributed by atoms with Crippen LogP contribution in [-0.2, 0) is 13.1 Å². The maximum absolute atomic E-state index is 13.3. The third-order valence-corrected chi connectivity index (χ3v) is 6.81. The van der Waals surface area contributed by atoms with Crippen molar-refractivity contribution in [1.82, 2.24) is 24.2 Å². The minimum Gasteiger partial charge on any atom is -0.388 e. The second kappa shape index (κ2) is 9.23. The van der Waals surface area contributed by atoms with Crippen molar-refractivity contribution in [2.75, 3.05) is 13.1 Å². The summed E-state index contributed by atoms with van der Waals surface area (Å²) in [4.78, 5) is 19.7. The van der Waals surface area contributed by atoms with E-state index >= 15 is 0 Å². The van der Waals surface area contributed by atoms with E-state index in [4.69, 9.17) is 16.9 Å². The van der Waals surface area contributed by atoms with E-state index in [1.165, 1.54) is 33.9 Å². The van der Waals surface area contributed by atoms with Gasteiger partial charge >= 0.3 is 0 Å². The molecule has 0 aliphatic carbocycles. The lowest BCUT2D eigenvalue weighted by atomic mass is 9.91. The van der Waals surface area contributed by atoms with Crippen LogP contribution in [0.1, 0.15) is 24.0 Å². The minimum atomic E-state index is -1.04. The van der Waals surface area contributed by atoms with Crippen molar-refractivity contribution in [1.29, 1.82) is 5.26 Å². The van der Waals surface area contributed by atoms with Crippen LogP contribution in [0.4, 0.5) is 4.39 Å². The van der Waals surface area contributed by atoms with Gasteiger partial charge in [-0.1, -0.05) is 17.7 Å². The van der Waals surface area contributed by atoms with Gasteiger partial charge in [-0.25, -0.2) is 14.1 Å². The van der Waals surface area contributed by atoms with Crippen LogP contribution in [-0.4, -0.2) is 48.0 Å². The first-order valence-corrected chi connectivity index (χ1v) is 11.6. The first kappa shape index (κ1) is 23.2. The number of aromatic nitrogens is 4. The van der Waals surface area contributed by atoms with Crippen LogP contribution in [0, 0.1) is 17.1 Å². The Hall–Kier alpha value is -3.58. The zero-order valence-electron chi connectivity index (χ0n) is 18.7. The first-order chi connectivity index (χ1) is 16.8. The minimum absolute atomic E-state index is 0.127. The van der Waals surface area contributed by atoms with Gasteiger partial charge in [-0.3, -0.25) is 14.3 Å².